The summed E-state index contributed by atoms with van der Waals surface area (Å²) in [5, 5.41) is 4.86. The van der Waals surface area contributed by atoms with E-state index in [-0.39, 0.29) is 0 Å². The van der Waals surface area contributed by atoms with E-state index in [4.69, 9.17) is 4.74 Å². The molecule has 0 radical (unpaired) electrons. The Morgan fingerprint density at radius 3 is 1.66 bits per heavy atom. The van der Waals surface area contributed by atoms with E-state index in [1.54, 1.807) is 0 Å². The molecule has 2 aromatic heterocycles. The molecule has 1 atom stereocenters. The molecular weight excluding hydrogens is 719 g/mol. The maximum absolute atomic E-state index is 7.04. The summed E-state index contributed by atoms with van der Waals surface area (Å²) in [4.78, 5) is 2.31. The normalized spacial score (nSPS) is 15.0. The number of para-hydroxylation sites is 7. The number of ether oxygens (including phenoxy) is 1. The van der Waals surface area contributed by atoms with Gasteiger partial charge in [0.15, 0.2) is 0 Å². The predicted molar refractivity (Wildman–Crippen MR) is 242 cm³/mol. The van der Waals surface area contributed by atoms with Crippen molar-refractivity contribution in [3.8, 4) is 22.9 Å². The largest absolute Gasteiger partial charge is 0.457 e. The second-order valence-electron chi connectivity index (χ2n) is 15.7. The van der Waals surface area contributed by atoms with Crippen LogP contribution in [0.25, 0.3) is 55.0 Å². The van der Waals surface area contributed by atoms with Crippen molar-refractivity contribution in [2.75, 3.05) is 4.90 Å². The van der Waals surface area contributed by atoms with Crippen molar-refractivity contribution < 1.29 is 4.74 Å². The van der Waals surface area contributed by atoms with Gasteiger partial charge in [0, 0.05) is 55.4 Å². The van der Waals surface area contributed by atoms with E-state index in [1.807, 2.05) is 0 Å². The molecule has 1 spiro atoms. The molecule has 2 aliphatic rings. The van der Waals surface area contributed by atoms with Crippen LogP contribution in [0.4, 0.5) is 17.1 Å². The third-order valence-electron chi connectivity index (χ3n) is 12.7. The van der Waals surface area contributed by atoms with Crippen molar-refractivity contribution in [1.82, 2.24) is 9.13 Å². The first kappa shape index (κ1) is 32.3. The Morgan fingerprint density at radius 1 is 0.356 bits per heavy atom. The third-order valence-corrected chi connectivity index (χ3v) is 12.7. The molecule has 0 amide bonds. The van der Waals surface area contributed by atoms with Crippen LogP contribution in [0.15, 0.2) is 212 Å². The number of anilines is 3. The number of hydrogen-bond donors (Lipinski definition) is 0. The van der Waals surface area contributed by atoms with Crippen molar-refractivity contribution in [3.05, 3.63) is 235 Å². The van der Waals surface area contributed by atoms with Crippen LogP contribution >= 0.6 is 0 Å². The van der Waals surface area contributed by atoms with Crippen molar-refractivity contribution in [2.24, 2.45) is 0 Å². The van der Waals surface area contributed by atoms with Gasteiger partial charge in [0.1, 0.15) is 11.5 Å². The standard InChI is InChI=1S/C55H35N3O/c1-3-16-36(17-4-1)56(37-18-5-2-6-19-37)38-30-32-39(33-31-38)57-48-26-11-8-21-41(48)43-34-53-47(35-51(43)57)55(45-24-10-14-29-52(45)59-53)44-23-9-13-28-50(44)58-49-27-12-7-20-40(49)42-22-15-25-46(55)54(42)58/h1-35H. The predicted octanol–water partition coefficient (Wildman–Crippen LogP) is 14.2. The molecule has 11 aromatic rings. The summed E-state index contributed by atoms with van der Waals surface area (Å²) in [5.74, 6) is 1.77. The van der Waals surface area contributed by atoms with Gasteiger partial charge in [-0.1, -0.05) is 127 Å². The molecule has 0 fully saturated rings. The van der Waals surface area contributed by atoms with Crippen molar-refractivity contribution in [3.63, 3.8) is 0 Å². The van der Waals surface area contributed by atoms with E-state index in [0.717, 1.165) is 61.8 Å². The smallest absolute Gasteiger partial charge is 0.133 e. The van der Waals surface area contributed by atoms with Crippen LogP contribution in [0, 0.1) is 0 Å². The minimum atomic E-state index is -0.657. The van der Waals surface area contributed by atoms with Crippen LogP contribution in [0.3, 0.4) is 0 Å². The van der Waals surface area contributed by atoms with Gasteiger partial charge in [-0.05, 0) is 96.1 Å². The van der Waals surface area contributed by atoms with Gasteiger partial charge in [-0.25, -0.2) is 0 Å². The average molecular weight is 754 g/mol. The molecule has 59 heavy (non-hydrogen) atoms. The highest BCUT2D eigenvalue weighted by Gasteiger charge is 2.50. The molecule has 4 nitrogen and oxygen atoms in total. The second-order valence-corrected chi connectivity index (χ2v) is 15.7. The Hall–Kier alpha value is -7.82. The summed E-state index contributed by atoms with van der Waals surface area (Å²) in [6, 6.07) is 77.0. The molecule has 0 N–H and O–H groups in total. The van der Waals surface area contributed by atoms with Crippen LogP contribution in [0.1, 0.15) is 22.3 Å². The topological polar surface area (TPSA) is 22.3 Å². The van der Waals surface area contributed by atoms with Crippen molar-refractivity contribution in [1.29, 1.82) is 0 Å². The molecule has 4 heteroatoms. The number of benzene rings is 9. The molecule has 276 valence electrons. The maximum Gasteiger partial charge on any atom is 0.133 e. The van der Waals surface area contributed by atoms with Gasteiger partial charge in [-0.15, -0.1) is 0 Å². The van der Waals surface area contributed by atoms with E-state index >= 15 is 0 Å². The van der Waals surface area contributed by atoms with Gasteiger partial charge in [0.2, 0.25) is 0 Å². The van der Waals surface area contributed by atoms with Gasteiger partial charge in [-0.2, -0.15) is 0 Å². The van der Waals surface area contributed by atoms with Crippen LogP contribution in [-0.2, 0) is 5.41 Å². The zero-order chi connectivity index (χ0) is 38.7. The number of fused-ring (bicyclic) bond motifs is 14. The maximum atomic E-state index is 7.04. The summed E-state index contributed by atoms with van der Waals surface area (Å²) in [6.07, 6.45) is 0. The van der Waals surface area contributed by atoms with E-state index in [0.29, 0.717) is 0 Å². The molecule has 0 aliphatic carbocycles. The summed E-state index contributed by atoms with van der Waals surface area (Å²) in [7, 11) is 0. The first-order valence-electron chi connectivity index (χ1n) is 20.3. The third kappa shape index (κ3) is 4.32. The lowest BCUT2D eigenvalue weighted by Crippen LogP contribution is -2.37. The fraction of sp³-hybridized carbons (Fsp3) is 0.0182. The quantitative estimate of drug-likeness (QED) is 0.179. The average Bonchev–Trinajstić information content (AvgIpc) is 3.81. The SMILES string of the molecule is c1ccc(N(c2ccccc2)c2ccc(-n3c4ccccc4c4cc5c(cc43)C3(c4ccccc4O5)c4ccccc4-n4c5ccccc5c5cccc3c54)cc2)cc1. The highest BCUT2D eigenvalue weighted by atomic mass is 16.5. The monoisotopic (exact) mass is 753 g/mol. The molecule has 0 saturated carbocycles. The van der Waals surface area contributed by atoms with Crippen molar-refractivity contribution in [2.45, 2.75) is 5.41 Å². The summed E-state index contributed by atoms with van der Waals surface area (Å²) in [5.41, 5.74) is 14.5. The molecule has 13 rings (SSSR count). The molecule has 4 heterocycles. The lowest BCUT2D eigenvalue weighted by atomic mass is 9.61. The Labute approximate surface area is 341 Å². The molecule has 0 saturated heterocycles. The molecule has 9 aromatic carbocycles. The highest BCUT2D eigenvalue weighted by molar-refractivity contribution is 6.13. The summed E-state index contributed by atoms with van der Waals surface area (Å²) >= 11 is 0. The van der Waals surface area contributed by atoms with Gasteiger partial charge in [-0.3, -0.25) is 0 Å². The van der Waals surface area contributed by atoms with Gasteiger partial charge in [0.05, 0.1) is 33.2 Å². The van der Waals surface area contributed by atoms with Crippen molar-refractivity contribution >= 4 is 60.7 Å². The Kier molecular flexibility index (Phi) is 6.62. The first-order valence-corrected chi connectivity index (χ1v) is 20.3. The highest BCUT2D eigenvalue weighted by Crippen LogP contribution is 2.61. The van der Waals surface area contributed by atoms with Gasteiger partial charge >= 0.3 is 0 Å². The van der Waals surface area contributed by atoms with Crippen LogP contribution in [0.2, 0.25) is 0 Å². The molecular formula is C55H35N3O. The zero-order valence-corrected chi connectivity index (χ0v) is 32.0. The minimum Gasteiger partial charge on any atom is -0.457 e. The lowest BCUT2D eigenvalue weighted by molar-refractivity contribution is 0.435. The van der Waals surface area contributed by atoms with E-state index < -0.39 is 5.41 Å². The van der Waals surface area contributed by atoms with E-state index in [2.05, 4.69) is 226 Å². The number of aromatic nitrogens is 2. The second kappa shape index (κ2) is 12.1. The molecule has 1 unspecified atom stereocenters. The van der Waals surface area contributed by atoms with Gasteiger partial charge in [0.25, 0.3) is 0 Å². The summed E-state index contributed by atoms with van der Waals surface area (Å²) in [6.45, 7) is 0. The Morgan fingerprint density at radius 2 is 0.915 bits per heavy atom. The number of nitrogens with zero attached hydrogens (tertiary/aromatic N) is 3. The van der Waals surface area contributed by atoms with Crippen LogP contribution in [-0.4, -0.2) is 9.13 Å². The van der Waals surface area contributed by atoms with E-state index in [1.165, 1.54) is 44.0 Å². The van der Waals surface area contributed by atoms with Crippen LogP contribution < -0.4 is 9.64 Å². The Bertz CT molecular complexity index is 3430. The fourth-order valence-corrected chi connectivity index (χ4v) is 10.4. The van der Waals surface area contributed by atoms with Gasteiger partial charge < -0.3 is 18.8 Å². The first-order chi connectivity index (χ1) is 29.3. The summed E-state index contributed by atoms with van der Waals surface area (Å²) < 4.78 is 12.0. The van der Waals surface area contributed by atoms with E-state index in [9.17, 15) is 0 Å². The minimum absolute atomic E-state index is 0.657. The zero-order valence-electron chi connectivity index (χ0n) is 32.0. The number of hydrogen-bond acceptors (Lipinski definition) is 2. The fourth-order valence-electron chi connectivity index (χ4n) is 10.4. The molecule has 2 aliphatic heterocycles. The van der Waals surface area contributed by atoms with Crippen LogP contribution in [0.5, 0.6) is 11.5 Å². The Balaban J connectivity index is 1.10. The molecule has 0 bridgehead atoms. The number of rotatable bonds is 4. The lowest BCUT2D eigenvalue weighted by Gasteiger charge is -2.45.